The number of rotatable bonds is 8. The summed E-state index contributed by atoms with van der Waals surface area (Å²) in [5.41, 5.74) is 1.73. The van der Waals surface area contributed by atoms with E-state index in [4.69, 9.17) is 9.47 Å². The molecule has 29 heavy (non-hydrogen) atoms. The number of amides is 1. The Balaban J connectivity index is 1.58. The van der Waals surface area contributed by atoms with Crippen LogP contribution in [0.2, 0.25) is 0 Å². The van der Waals surface area contributed by atoms with Gasteiger partial charge in [-0.15, -0.1) is 10.2 Å². The van der Waals surface area contributed by atoms with Crippen molar-refractivity contribution in [2.45, 2.75) is 26.9 Å². The summed E-state index contributed by atoms with van der Waals surface area (Å²) >= 11 is 0. The second-order valence-electron chi connectivity index (χ2n) is 6.53. The van der Waals surface area contributed by atoms with E-state index in [1.54, 1.807) is 36.4 Å². The maximum Gasteiger partial charge on any atom is 0.276 e. The molecular weight excluding hydrogens is 368 g/mol. The van der Waals surface area contributed by atoms with E-state index < -0.39 is 0 Å². The van der Waals surface area contributed by atoms with Crippen LogP contribution in [-0.4, -0.2) is 28.8 Å². The average molecular weight is 392 g/mol. The zero-order valence-corrected chi connectivity index (χ0v) is 16.7. The largest absolute Gasteiger partial charge is 0.494 e. The van der Waals surface area contributed by atoms with Crippen molar-refractivity contribution in [1.82, 2.24) is 10.2 Å². The Morgan fingerprint density at radius 3 is 2.14 bits per heavy atom. The van der Waals surface area contributed by atoms with E-state index >= 15 is 0 Å². The molecule has 3 rings (SSSR count). The van der Waals surface area contributed by atoms with Crippen molar-refractivity contribution in [2.24, 2.45) is 0 Å². The number of hydrogen-bond acceptors (Lipinski definition) is 6. The molecule has 0 aliphatic carbocycles. The second kappa shape index (κ2) is 9.54. The summed E-state index contributed by atoms with van der Waals surface area (Å²) < 4.78 is 11.0. The third-order valence-electron chi connectivity index (χ3n) is 3.82. The first kappa shape index (κ1) is 20.1. The molecule has 3 aromatic rings. The highest BCUT2D eigenvalue weighted by Gasteiger charge is 2.09. The van der Waals surface area contributed by atoms with Crippen LogP contribution in [-0.2, 0) is 0 Å². The van der Waals surface area contributed by atoms with E-state index in [0.29, 0.717) is 18.1 Å². The van der Waals surface area contributed by atoms with Gasteiger partial charge in [0, 0.05) is 11.4 Å². The van der Waals surface area contributed by atoms with Crippen molar-refractivity contribution in [3.8, 4) is 11.5 Å². The molecule has 150 valence electrons. The molecule has 2 aromatic carbocycles. The highest BCUT2D eigenvalue weighted by molar-refractivity contribution is 6.02. The number of carbonyl (C=O) groups excluding carboxylic acids is 1. The summed E-state index contributed by atoms with van der Waals surface area (Å²) in [6, 6.07) is 18.0. The predicted octanol–water partition coefficient (Wildman–Crippen LogP) is 4.66. The number of hydrogen-bond donors (Lipinski definition) is 2. The van der Waals surface area contributed by atoms with Crippen LogP contribution in [0.4, 0.5) is 17.2 Å². The Hall–Kier alpha value is -3.61. The van der Waals surface area contributed by atoms with Gasteiger partial charge in [0.15, 0.2) is 11.5 Å². The lowest BCUT2D eigenvalue weighted by Gasteiger charge is -2.11. The van der Waals surface area contributed by atoms with Crippen molar-refractivity contribution >= 4 is 23.1 Å². The van der Waals surface area contributed by atoms with Crippen LogP contribution >= 0.6 is 0 Å². The van der Waals surface area contributed by atoms with Gasteiger partial charge in [-0.1, -0.05) is 0 Å². The smallest absolute Gasteiger partial charge is 0.276 e. The maximum absolute atomic E-state index is 12.3. The van der Waals surface area contributed by atoms with Crippen LogP contribution < -0.4 is 20.1 Å². The standard InChI is InChI=1S/C22H24N4O3/c1-4-28-18-9-5-17(6-10-18)24-22(27)20-13-14-21(26-25-20)23-16-7-11-19(12-8-16)29-15(2)3/h5-15H,4H2,1-3H3,(H,23,26)(H,24,27). The van der Waals surface area contributed by atoms with Crippen molar-refractivity contribution in [1.29, 1.82) is 0 Å². The third-order valence-corrected chi connectivity index (χ3v) is 3.82. The van der Waals surface area contributed by atoms with Gasteiger partial charge < -0.3 is 20.1 Å². The highest BCUT2D eigenvalue weighted by Crippen LogP contribution is 2.20. The Morgan fingerprint density at radius 2 is 1.55 bits per heavy atom. The van der Waals surface area contributed by atoms with Gasteiger partial charge in [-0.05, 0) is 81.4 Å². The number of carbonyl (C=O) groups is 1. The summed E-state index contributed by atoms with van der Waals surface area (Å²) in [7, 11) is 0. The molecule has 0 fully saturated rings. The lowest BCUT2D eigenvalue weighted by atomic mass is 10.2. The molecule has 0 saturated heterocycles. The molecule has 1 heterocycles. The third kappa shape index (κ3) is 5.93. The van der Waals surface area contributed by atoms with E-state index in [-0.39, 0.29) is 17.7 Å². The van der Waals surface area contributed by atoms with Crippen molar-refractivity contribution in [3.63, 3.8) is 0 Å². The molecule has 0 aliphatic rings. The molecule has 2 N–H and O–H groups in total. The minimum Gasteiger partial charge on any atom is -0.494 e. The van der Waals surface area contributed by atoms with Crippen molar-refractivity contribution < 1.29 is 14.3 Å². The van der Waals surface area contributed by atoms with E-state index in [9.17, 15) is 4.79 Å². The van der Waals surface area contributed by atoms with Crippen LogP contribution in [0.3, 0.4) is 0 Å². The molecule has 0 aliphatic heterocycles. The molecule has 1 amide bonds. The van der Waals surface area contributed by atoms with E-state index in [2.05, 4.69) is 20.8 Å². The van der Waals surface area contributed by atoms with Gasteiger partial charge in [-0.3, -0.25) is 4.79 Å². The van der Waals surface area contributed by atoms with Gasteiger partial charge >= 0.3 is 0 Å². The fraction of sp³-hybridized carbons (Fsp3) is 0.227. The Morgan fingerprint density at radius 1 is 0.897 bits per heavy atom. The summed E-state index contributed by atoms with van der Waals surface area (Å²) in [4.78, 5) is 12.3. The molecule has 7 heteroatoms. The molecule has 0 atom stereocenters. The summed E-state index contributed by atoms with van der Waals surface area (Å²) in [6.45, 7) is 6.48. The first-order chi connectivity index (χ1) is 14.0. The molecule has 0 spiro atoms. The molecule has 0 radical (unpaired) electrons. The van der Waals surface area contributed by atoms with Crippen molar-refractivity contribution in [2.75, 3.05) is 17.2 Å². The number of ether oxygens (including phenoxy) is 2. The minimum atomic E-state index is -0.330. The second-order valence-corrected chi connectivity index (χ2v) is 6.53. The molecule has 1 aromatic heterocycles. The highest BCUT2D eigenvalue weighted by atomic mass is 16.5. The fourth-order valence-electron chi connectivity index (χ4n) is 2.55. The van der Waals surface area contributed by atoms with Crippen LogP contribution in [0.1, 0.15) is 31.3 Å². The molecule has 7 nitrogen and oxygen atoms in total. The Bertz CT molecular complexity index is 924. The lowest BCUT2D eigenvalue weighted by Crippen LogP contribution is -2.14. The van der Waals surface area contributed by atoms with Gasteiger partial charge in [0.1, 0.15) is 11.5 Å². The van der Waals surface area contributed by atoms with Crippen LogP contribution in [0.15, 0.2) is 60.7 Å². The first-order valence-corrected chi connectivity index (χ1v) is 9.45. The summed E-state index contributed by atoms with van der Waals surface area (Å²) in [5.74, 6) is 1.77. The van der Waals surface area contributed by atoms with E-state index in [1.165, 1.54) is 0 Å². The number of benzene rings is 2. The molecule has 0 unspecified atom stereocenters. The zero-order chi connectivity index (χ0) is 20.6. The van der Waals surface area contributed by atoms with Gasteiger partial charge in [0.25, 0.3) is 5.91 Å². The van der Waals surface area contributed by atoms with Crippen LogP contribution in [0.25, 0.3) is 0 Å². The van der Waals surface area contributed by atoms with Gasteiger partial charge in [-0.2, -0.15) is 0 Å². The fourth-order valence-corrected chi connectivity index (χ4v) is 2.55. The number of nitrogens with zero attached hydrogens (tertiary/aromatic N) is 2. The van der Waals surface area contributed by atoms with Gasteiger partial charge in [0.05, 0.1) is 12.7 Å². The average Bonchev–Trinajstić information content (AvgIpc) is 2.71. The first-order valence-electron chi connectivity index (χ1n) is 9.45. The lowest BCUT2D eigenvalue weighted by molar-refractivity contribution is 0.102. The van der Waals surface area contributed by atoms with Crippen LogP contribution in [0.5, 0.6) is 11.5 Å². The summed E-state index contributed by atoms with van der Waals surface area (Å²) in [6.07, 6.45) is 0.126. The van der Waals surface area contributed by atoms with Crippen molar-refractivity contribution in [3.05, 3.63) is 66.4 Å². The number of aromatic nitrogens is 2. The predicted molar refractivity (Wildman–Crippen MR) is 113 cm³/mol. The normalized spacial score (nSPS) is 10.5. The number of nitrogens with one attached hydrogen (secondary N) is 2. The van der Waals surface area contributed by atoms with E-state index in [0.717, 1.165) is 17.2 Å². The molecule has 0 bridgehead atoms. The zero-order valence-electron chi connectivity index (χ0n) is 16.7. The Kier molecular flexibility index (Phi) is 6.63. The molecule has 0 saturated carbocycles. The SMILES string of the molecule is CCOc1ccc(NC(=O)c2ccc(Nc3ccc(OC(C)C)cc3)nn2)cc1. The number of anilines is 3. The molecular formula is C22H24N4O3. The van der Waals surface area contributed by atoms with Gasteiger partial charge in [-0.25, -0.2) is 0 Å². The minimum absolute atomic E-state index is 0.126. The van der Waals surface area contributed by atoms with Gasteiger partial charge in [0.2, 0.25) is 0 Å². The topological polar surface area (TPSA) is 85.4 Å². The summed E-state index contributed by atoms with van der Waals surface area (Å²) in [5, 5.41) is 14.0. The maximum atomic E-state index is 12.3. The van der Waals surface area contributed by atoms with Crippen LogP contribution in [0, 0.1) is 0 Å². The quantitative estimate of drug-likeness (QED) is 0.580. The monoisotopic (exact) mass is 392 g/mol. The Labute approximate surface area is 170 Å². The van der Waals surface area contributed by atoms with E-state index in [1.807, 2.05) is 45.0 Å².